The molecule has 2 atom stereocenters. The lowest BCUT2D eigenvalue weighted by Crippen LogP contribution is -2.57. The summed E-state index contributed by atoms with van der Waals surface area (Å²) in [6.07, 6.45) is 1.43. The first-order chi connectivity index (χ1) is 10.5. The first-order valence-corrected chi connectivity index (χ1v) is 6.94. The molecular formula is C14H16N2O6. The molecule has 0 radical (unpaired) electrons. The van der Waals surface area contributed by atoms with Crippen LogP contribution >= 0.6 is 0 Å². The highest BCUT2D eigenvalue weighted by Gasteiger charge is 2.41. The van der Waals surface area contributed by atoms with Gasteiger partial charge >= 0.3 is 5.97 Å². The number of nitrogens with zero attached hydrogens (tertiary/aromatic N) is 2. The van der Waals surface area contributed by atoms with Crippen molar-refractivity contribution in [2.75, 3.05) is 13.7 Å². The number of amides is 1. The fourth-order valence-electron chi connectivity index (χ4n) is 2.98. The van der Waals surface area contributed by atoms with E-state index >= 15 is 0 Å². The molecule has 0 aliphatic carbocycles. The Bertz CT molecular complexity index is 710. The Hall–Kier alpha value is -2.35. The molecule has 118 valence electrons. The van der Waals surface area contributed by atoms with Crippen LogP contribution in [0, 0.1) is 0 Å². The number of carboxylic acid groups (broad SMARTS) is 1. The topological polar surface area (TPSA) is 98.1 Å². The van der Waals surface area contributed by atoms with Gasteiger partial charge in [0.25, 0.3) is 5.91 Å². The zero-order valence-electron chi connectivity index (χ0n) is 12.2. The summed E-state index contributed by atoms with van der Waals surface area (Å²) in [5.41, 5.74) is -1.14. The highest BCUT2D eigenvalue weighted by Crippen LogP contribution is 2.29. The number of carbonyl (C=O) groups excluding carboxylic acids is 1. The van der Waals surface area contributed by atoms with Crippen molar-refractivity contribution in [3.8, 4) is 5.75 Å². The van der Waals surface area contributed by atoms with Crippen molar-refractivity contribution in [2.45, 2.75) is 32.2 Å². The van der Waals surface area contributed by atoms with Gasteiger partial charge in [-0.15, -0.1) is 0 Å². The van der Waals surface area contributed by atoms with Gasteiger partial charge in [0.15, 0.2) is 17.7 Å². The number of carbonyl (C=O) groups is 2. The van der Waals surface area contributed by atoms with E-state index in [1.54, 1.807) is 4.90 Å². The third kappa shape index (κ3) is 1.98. The minimum atomic E-state index is -1.36. The lowest BCUT2D eigenvalue weighted by Gasteiger charge is -2.44. The minimum Gasteiger partial charge on any atom is -0.491 e. The number of carboxylic acids is 1. The molecule has 1 N–H and O–H groups in total. The Kier molecular flexibility index (Phi) is 3.40. The van der Waals surface area contributed by atoms with Crippen LogP contribution in [0.3, 0.4) is 0 Å². The van der Waals surface area contributed by atoms with E-state index in [9.17, 15) is 14.4 Å². The van der Waals surface area contributed by atoms with E-state index in [4.69, 9.17) is 14.6 Å². The molecule has 3 heterocycles. The molecule has 0 aromatic carbocycles. The Balaban J connectivity index is 2.21. The lowest BCUT2D eigenvalue weighted by molar-refractivity contribution is -0.112. The minimum absolute atomic E-state index is 0.0149. The summed E-state index contributed by atoms with van der Waals surface area (Å²) in [5.74, 6) is -1.97. The number of pyridine rings is 1. The van der Waals surface area contributed by atoms with Crippen LogP contribution in [-0.4, -0.2) is 52.4 Å². The maximum Gasteiger partial charge on any atom is 0.341 e. The highest BCUT2D eigenvalue weighted by molar-refractivity contribution is 5.98. The predicted molar refractivity (Wildman–Crippen MR) is 74.2 cm³/mol. The van der Waals surface area contributed by atoms with Gasteiger partial charge in [0, 0.05) is 12.2 Å². The molecule has 0 saturated carbocycles. The molecule has 22 heavy (non-hydrogen) atoms. The zero-order chi connectivity index (χ0) is 16.0. The summed E-state index contributed by atoms with van der Waals surface area (Å²) in [6.45, 7) is 2.72. The van der Waals surface area contributed by atoms with Crippen molar-refractivity contribution in [3.63, 3.8) is 0 Å². The van der Waals surface area contributed by atoms with Gasteiger partial charge in [0.1, 0.15) is 5.56 Å². The van der Waals surface area contributed by atoms with Gasteiger partial charge < -0.3 is 24.0 Å². The van der Waals surface area contributed by atoms with Crippen molar-refractivity contribution < 1.29 is 24.2 Å². The molecule has 3 rings (SSSR count). The normalized spacial score (nSPS) is 23.7. The number of hydrogen-bond donors (Lipinski definition) is 1. The van der Waals surface area contributed by atoms with E-state index in [0.717, 1.165) is 0 Å². The standard InChI is InChI=1S/C14H16N2O6/c1-7-3-4-22-9-6-15-5-8(14(19)20)11(17)12(21-2)10(15)13(18)16(7)9/h5,7,9H,3-4,6H2,1-2H3,(H,19,20)/t7-,9+/m0/s1. The van der Waals surface area contributed by atoms with Crippen molar-refractivity contribution in [1.82, 2.24) is 9.47 Å². The summed E-state index contributed by atoms with van der Waals surface area (Å²) in [6, 6.07) is -0.0149. The van der Waals surface area contributed by atoms with Crippen LogP contribution in [0.2, 0.25) is 0 Å². The lowest BCUT2D eigenvalue weighted by atomic mass is 10.1. The smallest absolute Gasteiger partial charge is 0.341 e. The van der Waals surface area contributed by atoms with Gasteiger partial charge in [-0.2, -0.15) is 0 Å². The molecular weight excluding hydrogens is 292 g/mol. The number of rotatable bonds is 2. The fourth-order valence-corrected chi connectivity index (χ4v) is 2.98. The average molecular weight is 308 g/mol. The number of aromatic carboxylic acids is 1. The van der Waals surface area contributed by atoms with Crippen molar-refractivity contribution in [3.05, 3.63) is 27.7 Å². The van der Waals surface area contributed by atoms with E-state index in [1.165, 1.54) is 17.9 Å². The van der Waals surface area contributed by atoms with Gasteiger partial charge in [0.05, 0.1) is 20.3 Å². The molecule has 1 fully saturated rings. The predicted octanol–water partition coefficient (Wildman–Crippen LogP) is 0.146. The molecule has 0 unspecified atom stereocenters. The third-order valence-electron chi connectivity index (χ3n) is 4.09. The van der Waals surface area contributed by atoms with Gasteiger partial charge in [-0.25, -0.2) is 4.79 Å². The van der Waals surface area contributed by atoms with Crippen molar-refractivity contribution in [2.24, 2.45) is 0 Å². The van der Waals surface area contributed by atoms with Gasteiger partial charge in [-0.05, 0) is 13.3 Å². The van der Waals surface area contributed by atoms with E-state index in [-0.39, 0.29) is 29.9 Å². The summed E-state index contributed by atoms with van der Waals surface area (Å²) in [5, 5.41) is 9.13. The SMILES string of the molecule is COc1c2n(cc(C(=O)O)c1=O)C[C@H]1OCC[C@H](C)N1C2=O. The quantitative estimate of drug-likeness (QED) is 0.835. The molecule has 1 aromatic heterocycles. The third-order valence-corrected chi connectivity index (χ3v) is 4.09. The number of methoxy groups -OCH3 is 1. The van der Waals surface area contributed by atoms with Crippen LogP contribution in [0.4, 0.5) is 0 Å². The Morgan fingerprint density at radius 1 is 1.45 bits per heavy atom. The second-order valence-electron chi connectivity index (χ2n) is 5.39. The van der Waals surface area contributed by atoms with Crippen LogP contribution in [0.15, 0.2) is 11.0 Å². The second-order valence-corrected chi connectivity index (χ2v) is 5.39. The van der Waals surface area contributed by atoms with Gasteiger partial charge in [-0.3, -0.25) is 9.59 Å². The van der Waals surface area contributed by atoms with E-state index in [2.05, 4.69) is 0 Å². The van der Waals surface area contributed by atoms with Crippen molar-refractivity contribution >= 4 is 11.9 Å². The number of hydrogen-bond acceptors (Lipinski definition) is 5. The highest BCUT2D eigenvalue weighted by atomic mass is 16.5. The maximum absolute atomic E-state index is 12.7. The molecule has 1 saturated heterocycles. The van der Waals surface area contributed by atoms with Crippen LogP contribution in [0.25, 0.3) is 0 Å². The Morgan fingerprint density at radius 3 is 2.82 bits per heavy atom. The van der Waals surface area contributed by atoms with Crippen LogP contribution < -0.4 is 10.2 Å². The number of ether oxygens (including phenoxy) is 2. The molecule has 8 heteroatoms. The largest absolute Gasteiger partial charge is 0.491 e. The van der Waals surface area contributed by atoms with E-state index in [0.29, 0.717) is 13.0 Å². The number of aromatic nitrogens is 1. The summed E-state index contributed by atoms with van der Waals surface area (Å²) < 4.78 is 12.1. The first kappa shape index (κ1) is 14.6. The zero-order valence-corrected chi connectivity index (χ0v) is 12.2. The maximum atomic E-state index is 12.7. The van der Waals surface area contributed by atoms with E-state index < -0.39 is 23.2 Å². The Labute approximate surface area is 125 Å². The molecule has 1 aromatic rings. The second kappa shape index (κ2) is 5.13. The fraction of sp³-hybridized carbons (Fsp3) is 0.500. The summed E-state index contributed by atoms with van der Waals surface area (Å²) in [7, 11) is 1.25. The first-order valence-electron chi connectivity index (χ1n) is 6.94. The van der Waals surface area contributed by atoms with Crippen molar-refractivity contribution in [1.29, 1.82) is 0 Å². The van der Waals surface area contributed by atoms with E-state index in [1.807, 2.05) is 6.92 Å². The van der Waals surface area contributed by atoms with Gasteiger partial charge in [-0.1, -0.05) is 0 Å². The molecule has 2 aliphatic heterocycles. The van der Waals surface area contributed by atoms with Crippen LogP contribution in [0.5, 0.6) is 5.75 Å². The average Bonchev–Trinajstić information content (AvgIpc) is 2.47. The summed E-state index contributed by atoms with van der Waals surface area (Å²) in [4.78, 5) is 37.7. The molecule has 8 nitrogen and oxygen atoms in total. The molecule has 2 aliphatic rings. The Morgan fingerprint density at radius 2 is 2.18 bits per heavy atom. The molecule has 0 bridgehead atoms. The number of fused-ring (bicyclic) bond motifs is 2. The monoisotopic (exact) mass is 308 g/mol. The van der Waals surface area contributed by atoms with Crippen LogP contribution in [0.1, 0.15) is 34.2 Å². The molecule has 1 amide bonds. The summed E-state index contributed by atoms with van der Waals surface area (Å²) >= 11 is 0. The molecule has 0 spiro atoms. The van der Waals surface area contributed by atoms with Crippen LogP contribution in [-0.2, 0) is 11.3 Å². The van der Waals surface area contributed by atoms with Gasteiger partial charge in [0.2, 0.25) is 5.43 Å².